The van der Waals surface area contributed by atoms with E-state index < -0.39 is 0 Å². The van der Waals surface area contributed by atoms with Crippen LogP contribution in [0.25, 0.3) is 0 Å². The topological polar surface area (TPSA) is 32.3 Å². The maximum Gasteiger partial charge on any atom is 0.223 e. The van der Waals surface area contributed by atoms with Crippen LogP contribution >= 0.6 is 15.9 Å². The van der Waals surface area contributed by atoms with Crippen molar-refractivity contribution in [2.24, 2.45) is 17.8 Å². The van der Waals surface area contributed by atoms with Crippen molar-refractivity contribution < 1.29 is 4.79 Å². The highest BCUT2D eigenvalue weighted by atomic mass is 79.9. The molecule has 2 fully saturated rings. The monoisotopic (exact) mass is 392 g/mol. The standard InChI is InChI=1S/C20H29BrN2O/c1-14-9-15(2)13-23(12-14)8-4-7-22-20(24)19-11-18(19)16-5-3-6-17(21)10-16/h3,5-6,10,14-15,18-19H,4,7-9,11-13H2,1-2H3,(H,22,24). The first kappa shape index (κ1) is 17.9. The van der Waals surface area contributed by atoms with Crippen molar-refractivity contribution >= 4 is 21.8 Å². The molecule has 132 valence electrons. The molecule has 0 aromatic heterocycles. The summed E-state index contributed by atoms with van der Waals surface area (Å²) in [6.07, 6.45) is 3.40. The Labute approximate surface area is 154 Å². The van der Waals surface area contributed by atoms with Crippen LogP contribution < -0.4 is 5.32 Å². The second-order valence-electron chi connectivity index (χ2n) is 7.85. The molecule has 3 rings (SSSR count). The van der Waals surface area contributed by atoms with Crippen molar-refractivity contribution in [3.05, 3.63) is 34.3 Å². The van der Waals surface area contributed by atoms with Crippen molar-refractivity contribution in [1.82, 2.24) is 10.2 Å². The average molecular weight is 393 g/mol. The van der Waals surface area contributed by atoms with Gasteiger partial charge in [-0.2, -0.15) is 0 Å². The number of rotatable bonds is 6. The van der Waals surface area contributed by atoms with E-state index >= 15 is 0 Å². The third-order valence-electron chi connectivity index (χ3n) is 5.30. The van der Waals surface area contributed by atoms with Gasteiger partial charge in [0.05, 0.1) is 0 Å². The molecule has 4 heteroatoms. The summed E-state index contributed by atoms with van der Waals surface area (Å²) >= 11 is 3.51. The number of carbonyl (C=O) groups excluding carboxylic acids is 1. The Bertz CT molecular complexity index is 567. The Morgan fingerprint density at radius 2 is 2.00 bits per heavy atom. The minimum Gasteiger partial charge on any atom is -0.356 e. The Morgan fingerprint density at radius 1 is 1.25 bits per heavy atom. The minimum atomic E-state index is 0.175. The summed E-state index contributed by atoms with van der Waals surface area (Å²) in [4.78, 5) is 14.9. The van der Waals surface area contributed by atoms with Crippen LogP contribution in [0.4, 0.5) is 0 Å². The molecule has 1 saturated carbocycles. The summed E-state index contributed by atoms with van der Waals surface area (Å²) in [7, 11) is 0. The van der Waals surface area contributed by atoms with Crippen LogP contribution in [0.15, 0.2) is 28.7 Å². The maximum absolute atomic E-state index is 12.3. The van der Waals surface area contributed by atoms with Crippen LogP contribution in [0.5, 0.6) is 0 Å². The van der Waals surface area contributed by atoms with Crippen molar-refractivity contribution in [3.63, 3.8) is 0 Å². The van der Waals surface area contributed by atoms with Gasteiger partial charge in [-0.3, -0.25) is 4.79 Å². The van der Waals surface area contributed by atoms with Gasteiger partial charge in [0.25, 0.3) is 0 Å². The lowest BCUT2D eigenvalue weighted by Crippen LogP contribution is -2.40. The van der Waals surface area contributed by atoms with Gasteiger partial charge in [-0.15, -0.1) is 0 Å². The van der Waals surface area contributed by atoms with E-state index in [9.17, 15) is 4.79 Å². The first-order valence-corrected chi connectivity index (χ1v) is 10.1. The second kappa shape index (κ2) is 8.01. The molecule has 1 N–H and O–H groups in total. The summed E-state index contributed by atoms with van der Waals surface area (Å²) in [5.74, 6) is 2.43. The van der Waals surface area contributed by atoms with Crippen LogP contribution in [0, 0.1) is 17.8 Å². The highest BCUT2D eigenvalue weighted by Gasteiger charge is 2.43. The molecule has 1 aromatic rings. The summed E-state index contributed by atoms with van der Waals surface area (Å²) < 4.78 is 1.09. The predicted octanol–water partition coefficient (Wildman–Crippen LogP) is 4.04. The summed E-state index contributed by atoms with van der Waals surface area (Å²) in [6, 6.07) is 8.34. The SMILES string of the molecule is CC1CC(C)CN(CCCNC(=O)C2CC2c2cccc(Br)c2)C1. The predicted molar refractivity (Wildman–Crippen MR) is 102 cm³/mol. The molecule has 3 nitrogen and oxygen atoms in total. The van der Waals surface area contributed by atoms with E-state index in [2.05, 4.69) is 52.1 Å². The molecule has 0 bridgehead atoms. The van der Waals surface area contributed by atoms with E-state index in [0.717, 1.165) is 42.2 Å². The number of likely N-dealkylation sites (tertiary alicyclic amines) is 1. The van der Waals surface area contributed by atoms with E-state index in [1.165, 1.54) is 25.1 Å². The lowest BCUT2D eigenvalue weighted by atomic mass is 9.92. The number of piperidine rings is 1. The van der Waals surface area contributed by atoms with Crippen LogP contribution in [-0.2, 0) is 4.79 Å². The smallest absolute Gasteiger partial charge is 0.223 e. The molecular formula is C20H29BrN2O. The Morgan fingerprint density at radius 3 is 2.71 bits per heavy atom. The number of carbonyl (C=O) groups is 1. The third kappa shape index (κ3) is 4.82. The highest BCUT2D eigenvalue weighted by molar-refractivity contribution is 9.10. The van der Waals surface area contributed by atoms with Gasteiger partial charge in [-0.1, -0.05) is 41.9 Å². The fourth-order valence-corrected chi connectivity index (χ4v) is 4.63. The number of benzene rings is 1. The third-order valence-corrected chi connectivity index (χ3v) is 5.79. The maximum atomic E-state index is 12.3. The molecular weight excluding hydrogens is 364 g/mol. The molecule has 0 spiro atoms. The number of nitrogens with zero attached hydrogens (tertiary/aromatic N) is 1. The summed E-state index contributed by atoms with van der Waals surface area (Å²) in [6.45, 7) is 9.03. The number of hydrogen-bond donors (Lipinski definition) is 1. The summed E-state index contributed by atoms with van der Waals surface area (Å²) in [5.41, 5.74) is 1.28. The molecule has 4 unspecified atom stereocenters. The van der Waals surface area contributed by atoms with Gasteiger partial charge in [-0.25, -0.2) is 0 Å². The van der Waals surface area contributed by atoms with E-state index in [4.69, 9.17) is 0 Å². The van der Waals surface area contributed by atoms with Gasteiger partial charge in [0.15, 0.2) is 0 Å². The zero-order valence-electron chi connectivity index (χ0n) is 14.8. The van der Waals surface area contributed by atoms with E-state index in [1.54, 1.807) is 0 Å². The van der Waals surface area contributed by atoms with Crippen LogP contribution in [0.1, 0.15) is 44.6 Å². The molecule has 1 aliphatic heterocycles. The van der Waals surface area contributed by atoms with Gasteiger partial charge in [0.1, 0.15) is 0 Å². The number of nitrogens with one attached hydrogen (secondary N) is 1. The average Bonchev–Trinajstić information content (AvgIpc) is 3.31. The molecule has 1 aromatic carbocycles. The van der Waals surface area contributed by atoms with Crippen molar-refractivity contribution in [2.75, 3.05) is 26.2 Å². The van der Waals surface area contributed by atoms with Gasteiger partial charge < -0.3 is 10.2 Å². The molecule has 1 amide bonds. The van der Waals surface area contributed by atoms with E-state index in [1.807, 2.05) is 12.1 Å². The lowest BCUT2D eigenvalue weighted by Gasteiger charge is -2.34. The fourth-order valence-electron chi connectivity index (χ4n) is 4.21. The zero-order valence-corrected chi connectivity index (χ0v) is 16.4. The first-order chi connectivity index (χ1) is 11.5. The van der Waals surface area contributed by atoms with Gasteiger partial charge in [0, 0.05) is 30.0 Å². The Kier molecular flexibility index (Phi) is 5.98. The molecule has 1 heterocycles. The van der Waals surface area contributed by atoms with Crippen LogP contribution in [0.3, 0.4) is 0 Å². The Balaban J connectivity index is 1.35. The van der Waals surface area contributed by atoms with E-state index in [0.29, 0.717) is 5.92 Å². The quantitative estimate of drug-likeness (QED) is 0.740. The van der Waals surface area contributed by atoms with Gasteiger partial charge >= 0.3 is 0 Å². The van der Waals surface area contributed by atoms with Crippen molar-refractivity contribution in [2.45, 2.75) is 39.0 Å². The zero-order chi connectivity index (χ0) is 17.1. The van der Waals surface area contributed by atoms with Crippen LogP contribution in [0.2, 0.25) is 0 Å². The number of hydrogen-bond acceptors (Lipinski definition) is 2. The number of amides is 1. The normalized spacial score (nSPS) is 30.1. The Hall–Kier alpha value is -0.870. The van der Waals surface area contributed by atoms with Crippen LogP contribution in [-0.4, -0.2) is 37.0 Å². The molecule has 0 radical (unpaired) electrons. The van der Waals surface area contributed by atoms with Gasteiger partial charge in [-0.05, 0) is 61.3 Å². The number of halogens is 1. The van der Waals surface area contributed by atoms with Gasteiger partial charge in [0.2, 0.25) is 5.91 Å². The molecule has 1 aliphatic carbocycles. The molecule has 1 saturated heterocycles. The molecule has 24 heavy (non-hydrogen) atoms. The molecule has 2 aliphatic rings. The fraction of sp³-hybridized carbons (Fsp3) is 0.650. The van der Waals surface area contributed by atoms with E-state index in [-0.39, 0.29) is 11.8 Å². The highest BCUT2D eigenvalue weighted by Crippen LogP contribution is 2.47. The second-order valence-corrected chi connectivity index (χ2v) is 8.77. The largest absolute Gasteiger partial charge is 0.356 e. The summed E-state index contributed by atoms with van der Waals surface area (Å²) in [5, 5.41) is 3.14. The van der Waals surface area contributed by atoms with Crippen molar-refractivity contribution in [1.29, 1.82) is 0 Å². The molecule has 4 atom stereocenters. The first-order valence-electron chi connectivity index (χ1n) is 9.28. The minimum absolute atomic E-state index is 0.175. The lowest BCUT2D eigenvalue weighted by molar-refractivity contribution is -0.122. The van der Waals surface area contributed by atoms with Crippen molar-refractivity contribution in [3.8, 4) is 0 Å².